The normalized spacial score (nSPS) is 11.9. The van der Waals surface area contributed by atoms with Crippen LogP contribution in [0.4, 0.5) is 5.82 Å². The van der Waals surface area contributed by atoms with Crippen molar-refractivity contribution in [1.82, 2.24) is 19.9 Å². The average molecular weight is 321 g/mol. The number of nitrogens with zero attached hydrogens (tertiary/aromatic N) is 3. The molecule has 0 aliphatic carbocycles. The number of imidazole rings is 1. The van der Waals surface area contributed by atoms with Crippen LogP contribution >= 0.6 is 0 Å². The molecule has 0 aliphatic heterocycles. The number of amides is 1. The second-order valence-electron chi connectivity index (χ2n) is 5.60. The van der Waals surface area contributed by atoms with E-state index in [0.717, 1.165) is 17.0 Å². The van der Waals surface area contributed by atoms with E-state index in [-0.39, 0.29) is 17.8 Å². The Labute approximate surface area is 140 Å². The molecule has 122 valence electrons. The Hall–Kier alpha value is -3.15. The highest BCUT2D eigenvalue weighted by molar-refractivity contribution is 5.98. The Kier molecular flexibility index (Phi) is 4.29. The van der Waals surface area contributed by atoms with E-state index in [0.29, 0.717) is 5.56 Å². The van der Waals surface area contributed by atoms with E-state index in [4.69, 9.17) is 5.73 Å². The molecule has 2 aromatic heterocycles. The second kappa shape index (κ2) is 6.54. The van der Waals surface area contributed by atoms with Crippen molar-refractivity contribution in [2.24, 2.45) is 7.05 Å². The van der Waals surface area contributed by atoms with Gasteiger partial charge in [-0.1, -0.05) is 24.3 Å². The Balaban J connectivity index is 2.00. The van der Waals surface area contributed by atoms with Gasteiger partial charge in [-0.05, 0) is 30.2 Å². The summed E-state index contributed by atoms with van der Waals surface area (Å²) in [6, 6.07) is 10.9. The first kappa shape index (κ1) is 15.7. The van der Waals surface area contributed by atoms with Gasteiger partial charge in [0.25, 0.3) is 5.91 Å². The van der Waals surface area contributed by atoms with Gasteiger partial charge in [-0.15, -0.1) is 0 Å². The summed E-state index contributed by atoms with van der Waals surface area (Å²) in [5.41, 5.74) is 8.24. The third-order valence-corrected chi connectivity index (χ3v) is 3.97. The maximum absolute atomic E-state index is 12.7. The van der Waals surface area contributed by atoms with Crippen LogP contribution in [-0.2, 0) is 7.05 Å². The van der Waals surface area contributed by atoms with E-state index in [1.54, 1.807) is 24.5 Å². The number of benzene rings is 1. The van der Waals surface area contributed by atoms with E-state index in [9.17, 15) is 4.79 Å². The molecule has 24 heavy (non-hydrogen) atoms. The van der Waals surface area contributed by atoms with E-state index in [1.807, 2.05) is 49.0 Å². The van der Waals surface area contributed by atoms with Crippen LogP contribution in [-0.4, -0.2) is 20.4 Å². The lowest BCUT2D eigenvalue weighted by atomic mass is 10.00. The quantitative estimate of drug-likeness (QED) is 0.771. The van der Waals surface area contributed by atoms with Gasteiger partial charge in [-0.2, -0.15) is 0 Å². The maximum Gasteiger partial charge on any atom is 0.255 e. The first-order chi connectivity index (χ1) is 11.6. The predicted octanol–water partition coefficient (Wildman–Crippen LogP) is 2.23. The molecule has 0 bridgehead atoms. The summed E-state index contributed by atoms with van der Waals surface area (Å²) in [6.45, 7) is 2.01. The topological polar surface area (TPSA) is 85.8 Å². The van der Waals surface area contributed by atoms with Crippen LogP contribution in [0.5, 0.6) is 0 Å². The maximum atomic E-state index is 12.7. The fourth-order valence-electron chi connectivity index (χ4n) is 2.67. The molecule has 6 nitrogen and oxygen atoms in total. The molecule has 3 rings (SSSR count). The molecule has 0 fully saturated rings. The fraction of sp³-hybridized carbons (Fsp3) is 0.167. The second-order valence-corrected chi connectivity index (χ2v) is 5.60. The minimum Gasteiger partial charge on any atom is -0.383 e. The zero-order chi connectivity index (χ0) is 17.1. The molecular formula is C18H19N5O. The van der Waals surface area contributed by atoms with Crippen LogP contribution in [0.3, 0.4) is 0 Å². The van der Waals surface area contributed by atoms with Gasteiger partial charge in [0.15, 0.2) is 0 Å². The highest BCUT2D eigenvalue weighted by Crippen LogP contribution is 2.24. The van der Waals surface area contributed by atoms with Gasteiger partial charge < -0.3 is 15.6 Å². The number of pyridine rings is 1. The minimum absolute atomic E-state index is 0.207. The number of rotatable bonds is 4. The highest BCUT2D eigenvalue weighted by atomic mass is 16.1. The largest absolute Gasteiger partial charge is 0.383 e. The van der Waals surface area contributed by atoms with Gasteiger partial charge in [0.2, 0.25) is 0 Å². The van der Waals surface area contributed by atoms with Crippen molar-refractivity contribution in [2.45, 2.75) is 13.0 Å². The van der Waals surface area contributed by atoms with Crippen LogP contribution in [0.2, 0.25) is 0 Å². The number of aryl methyl sites for hydroxylation is 2. The Morgan fingerprint density at radius 3 is 2.62 bits per heavy atom. The van der Waals surface area contributed by atoms with Crippen molar-refractivity contribution in [3.63, 3.8) is 0 Å². The summed E-state index contributed by atoms with van der Waals surface area (Å²) in [4.78, 5) is 21.1. The van der Waals surface area contributed by atoms with Crippen molar-refractivity contribution in [1.29, 1.82) is 0 Å². The molecule has 1 aromatic carbocycles. The van der Waals surface area contributed by atoms with Crippen molar-refractivity contribution < 1.29 is 4.79 Å². The smallest absolute Gasteiger partial charge is 0.255 e. The number of carbonyl (C=O) groups excluding carboxylic acids is 1. The van der Waals surface area contributed by atoms with E-state index in [2.05, 4.69) is 15.3 Å². The van der Waals surface area contributed by atoms with Gasteiger partial charge >= 0.3 is 0 Å². The highest BCUT2D eigenvalue weighted by Gasteiger charge is 2.23. The number of nitrogen functional groups attached to an aromatic ring is 1. The van der Waals surface area contributed by atoms with Gasteiger partial charge in [-0.25, -0.2) is 9.97 Å². The lowest BCUT2D eigenvalue weighted by Crippen LogP contribution is -2.32. The van der Waals surface area contributed by atoms with Crippen LogP contribution in [0.15, 0.2) is 55.0 Å². The summed E-state index contributed by atoms with van der Waals surface area (Å²) in [5, 5.41) is 3.03. The molecular weight excluding hydrogens is 302 g/mol. The van der Waals surface area contributed by atoms with Gasteiger partial charge in [0.1, 0.15) is 17.7 Å². The molecule has 0 aliphatic rings. The molecule has 3 aromatic rings. The SMILES string of the molecule is Cc1ccccc1C(NC(=O)c1cccnc1N)c1nccn1C. The van der Waals surface area contributed by atoms with E-state index < -0.39 is 0 Å². The van der Waals surface area contributed by atoms with Crippen molar-refractivity contribution >= 4 is 11.7 Å². The number of aromatic nitrogens is 3. The van der Waals surface area contributed by atoms with E-state index >= 15 is 0 Å². The third kappa shape index (κ3) is 2.99. The molecule has 0 saturated heterocycles. The fourth-order valence-corrected chi connectivity index (χ4v) is 2.67. The standard InChI is InChI=1S/C18H19N5O/c1-12-6-3-4-7-13(12)15(17-21-10-11-23(17)2)22-18(24)14-8-5-9-20-16(14)19/h3-11,15H,1-2H3,(H2,19,20)(H,22,24). The summed E-state index contributed by atoms with van der Waals surface area (Å²) < 4.78 is 1.89. The van der Waals surface area contributed by atoms with Crippen LogP contribution < -0.4 is 11.1 Å². The molecule has 0 saturated carbocycles. The molecule has 1 amide bonds. The lowest BCUT2D eigenvalue weighted by molar-refractivity contribution is 0.0941. The monoisotopic (exact) mass is 321 g/mol. The van der Waals surface area contributed by atoms with Crippen LogP contribution in [0, 0.1) is 6.92 Å². The van der Waals surface area contributed by atoms with Gasteiger partial charge in [0.05, 0.1) is 5.56 Å². The average Bonchev–Trinajstić information content (AvgIpc) is 2.99. The Bertz CT molecular complexity index is 871. The summed E-state index contributed by atoms with van der Waals surface area (Å²) >= 11 is 0. The first-order valence-corrected chi connectivity index (χ1v) is 7.62. The summed E-state index contributed by atoms with van der Waals surface area (Å²) in [6.07, 6.45) is 5.13. The zero-order valence-corrected chi connectivity index (χ0v) is 13.6. The van der Waals surface area contributed by atoms with Gasteiger partial charge in [0, 0.05) is 25.6 Å². The number of nitrogens with one attached hydrogen (secondary N) is 1. The molecule has 6 heteroatoms. The van der Waals surface area contributed by atoms with Crippen LogP contribution in [0.1, 0.15) is 33.4 Å². The number of hydrogen-bond donors (Lipinski definition) is 2. The number of hydrogen-bond acceptors (Lipinski definition) is 4. The number of carbonyl (C=O) groups is 1. The van der Waals surface area contributed by atoms with Crippen molar-refractivity contribution in [2.75, 3.05) is 5.73 Å². The number of anilines is 1. The molecule has 0 radical (unpaired) electrons. The van der Waals surface area contributed by atoms with Gasteiger partial charge in [-0.3, -0.25) is 4.79 Å². The molecule has 2 heterocycles. The Morgan fingerprint density at radius 2 is 1.96 bits per heavy atom. The molecule has 0 spiro atoms. The van der Waals surface area contributed by atoms with Crippen LogP contribution in [0.25, 0.3) is 0 Å². The predicted molar refractivity (Wildman–Crippen MR) is 92.3 cm³/mol. The number of nitrogens with two attached hydrogens (primary N) is 1. The zero-order valence-electron chi connectivity index (χ0n) is 13.6. The van der Waals surface area contributed by atoms with E-state index in [1.165, 1.54) is 0 Å². The summed E-state index contributed by atoms with van der Waals surface area (Å²) in [5.74, 6) is 0.676. The molecule has 1 unspecified atom stereocenters. The summed E-state index contributed by atoms with van der Waals surface area (Å²) in [7, 11) is 1.90. The first-order valence-electron chi connectivity index (χ1n) is 7.62. The Morgan fingerprint density at radius 1 is 1.17 bits per heavy atom. The van der Waals surface area contributed by atoms with Crippen molar-refractivity contribution in [3.05, 3.63) is 77.5 Å². The van der Waals surface area contributed by atoms with Crippen molar-refractivity contribution in [3.8, 4) is 0 Å². The molecule has 3 N–H and O–H groups in total. The molecule has 1 atom stereocenters. The third-order valence-electron chi connectivity index (χ3n) is 3.97. The minimum atomic E-state index is -0.377. The lowest BCUT2D eigenvalue weighted by Gasteiger charge is -2.21.